The Hall–Kier alpha value is -1.33. The van der Waals surface area contributed by atoms with Crippen molar-refractivity contribution in [2.24, 2.45) is 0 Å². The minimum atomic E-state index is -1.02. The predicted octanol–water partition coefficient (Wildman–Crippen LogP) is 2.58. The minimum Gasteiger partial charge on any atom is -0.475 e. The Morgan fingerprint density at radius 3 is 2.79 bits per heavy atom. The first kappa shape index (κ1) is 15.7. The average molecular weight is 269 g/mol. The van der Waals surface area contributed by atoms with Crippen molar-refractivity contribution < 1.29 is 19.1 Å². The standard InChI is InChI=1S/C14H23NO4/c1-3-4-7-18-8-5-6-15-10-12-9-11(2)13(19-12)14(16)17/h9,15H,3-8,10H2,1-2H3,(H,16,17). The monoisotopic (exact) mass is 269 g/mol. The summed E-state index contributed by atoms with van der Waals surface area (Å²) in [5.41, 5.74) is 0.659. The zero-order chi connectivity index (χ0) is 14.1. The molecule has 1 aromatic rings. The van der Waals surface area contributed by atoms with Gasteiger partial charge >= 0.3 is 5.97 Å². The quantitative estimate of drug-likeness (QED) is 0.639. The van der Waals surface area contributed by atoms with Crippen LogP contribution in [0.3, 0.4) is 0 Å². The number of rotatable bonds is 10. The van der Waals surface area contributed by atoms with Crippen molar-refractivity contribution >= 4 is 5.97 Å². The van der Waals surface area contributed by atoms with Gasteiger partial charge < -0.3 is 19.6 Å². The van der Waals surface area contributed by atoms with Crippen molar-refractivity contribution in [3.8, 4) is 0 Å². The van der Waals surface area contributed by atoms with Gasteiger partial charge in [0.1, 0.15) is 5.76 Å². The van der Waals surface area contributed by atoms with E-state index in [2.05, 4.69) is 12.2 Å². The molecule has 19 heavy (non-hydrogen) atoms. The highest BCUT2D eigenvalue weighted by molar-refractivity contribution is 5.86. The lowest BCUT2D eigenvalue weighted by Gasteiger charge is -2.04. The fourth-order valence-electron chi connectivity index (χ4n) is 1.71. The smallest absolute Gasteiger partial charge is 0.372 e. The summed E-state index contributed by atoms with van der Waals surface area (Å²) in [4.78, 5) is 10.8. The van der Waals surface area contributed by atoms with Crippen LogP contribution < -0.4 is 5.32 Å². The maximum Gasteiger partial charge on any atom is 0.372 e. The number of hydrogen-bond donors (Lipinski definition) is 2. The summed E-state index contributed by atoms with van der Waals surface area (Å²) in [6, 6.07) is 1.76. The number of ether oxygens (including phenoxy) is 1. The first-order valence-corrected chi connectivity index (χ1v) is 6.76. The van der Waals surface area contributed by atoms with Gasteiger partial charge in [0.05, 0.1) is 6.54 Å². The molecule has 1 rings (SSSR count). The molecule has 0 saturated heterocycles. The summed E-state index contributed by atoms with van der Waals surface area (Å²) < 4.78 is 10.7. The Morgan fingerprint density at radius 2 is 2.16 bits per heavy atom. The van der Waals surface area contributed by atoms with Crippen molar-refractivity contribution in [1.29, 1.82) is 0 Å². The average Bonchev–Trinajstić information content (AvgIpc) is 2.74. The Kier molecular flexibility index (Phi) is 7.22. The molecule has 0 bridgehead atoms. The van der Waals surface area contributed by atoms with Gasteiger partial charge in [-0.3, -0.25) is 0 Å². The Balaban J connectivity index is 2.12. The summed E-state index contributed by atoms with van der Waals surface area (Å²) in [5, 5.41) is 12.1. The van der Waals surface area contributed by atoms with Gasteiger partial charge in [0.2, 0.25) is 5.76 Å². The third-order valence-corrected chi connectivity index (χ3v) is 2.75. The van der Waals surface area contributed by atoms with Gasteiger partial charge in [0.15, 0.2) is 0 Å². The van der Waals surface area contributed by atoms with Crippen LogP contribution in [0.15, 0.2) is 10.5 Å². The van der Waals surface area contributed by atoms with E-state index >= 15 is 0 Å². The molecule has 1 aromatic heterocycles. The Morgan fingerprint density at radius 1 is 1.42 bits per heavy atom. The fraction of sp³-hybridized carbons (Fsp3) is 0.643. The topological polar surface area (TPSA) is 71.7 Å². The molecule has 1 heterocycles. The highest BCUT2D eigenvalue weighted by Crippen LogP contribution is 2.14. The lowest BCUT2D eigenvalue weighted by Crippen LogP contribution is -2.16. The minimum absolute atomic E-state index is 0.0275. The molecule has 0 aliphatic rings. The van der Waals surface area contributed by atoms with E-state index in [1.165, 1.54) is 0 Å². The van der Waals surface area contributed by atoms with Gasteiger partial charge in [-0.1, -0.05) is 13.3 Å². The van der Waals surface area contributed by atoms with Gasteiger partial charge in [-0.15, -0.1) is 0 Å². The van der Waals surface area contributed by atoms with E-state index in [4.69, 9.17) is 14.3 Å². The number of furan rings is 1. The fourth-order valence-corrected chi connectivity index (χ4v) is 1.71. The largest absolute Gasteiger partial charge is 0.475 e. The van der Waals surface area contributed by atoms with Crippen molar-refractivity contribution in [2.75, 3.05) is 19.8 Å². The molecular weight excluding hydrogens is 246 g/mol. The number of unbranched alkanes of at least 4 members (excludes halogenated alkanes) is 1. The first-order valence-electron chi connectivity index (χ1n) is 6.76. The van der Waals surface area contributed by atoms with E-state index in [0.29, 0.717) is 17.9 Å². The molecule has 0 aliphatic heterocycles. The van der Waals surface area contributed by atoms with E-state index in [-0.39, 0.29) is 5.76 Å². The third kappa shape index (κ3) is 5.89. The molecule has 0 aliphatic carbocycles. The molecule has 0 aromatic carbocycles. The summed E-state index contributed by atoms with van der Waals surface area (Å²) in [5.74, 6) is -0.338. The maximum atomic E-state index is 10.8. The van der Waals surface area contributed by atoms with Gasteiger partial charge in [-0.25, -0.2) is 4.79 Å². The van der Waals surface area contributed by atoms with Gasteiger partial charge in [-0.05, 0) is 32.4 Å². The molecule has 5 heteroatoms. The Bertz CT molecular complexity index is 387. The molecule has 0 radical (unpaired) electrons. The Labute approximate surface area is 113 Å². The third-order valence-electron chi connectivity index (χ3n) is 2.75. The SMILES string of the molecule is CCCCOCCCNCc1cc(C)c(C(=O)O)o1. The summed E-state index contributed by atoms with van der Waals surface area (Å²) in [6.07, 6.45) is 3.20. The summed E-state index contributed by atoms with van der Waals surface area (Å²) in [7, 11) is 0. The number of carboxylic acids is 1. The van der Waals surface area contributed by atoms with E-state index in [1.807, 2.05) is 0 Å². The molecule has 0 spiro atoms. The number of aromatic carboxylic acids is 1. The number of hydrogen-bond acceptors (Lipinski definition) is 4. The van der Waals surface area contributed by atoms with E-state index < -0.39 is 5.97 Å². The molecule has 0 atom stereocenters. The predicted molar refractivity (Wildman–Crippen MR) is 72.5 cm³/mol. The van der Waals surface area contributed by atoms with Crippen LogP contribution in [0.25, 0.3) is 0 Å². The molecular formula is C14H23NO4. The van der Waals surface area contributed by atoms with Crippen LogP contribution in [0.5, 0.6) is 0 Å². The van der Waals surface area contributed by atoms with Crippen LogP contribution in [0.1, 0.15) is 48.1 Å². The molecule has 2 N–H and O–H groups in total. The van der Waals surface area contributed by atoms with Crippen LogP contribution >= 0.6 is 0 Å². The van der Waals surface area contributed by atoms with E-state index in [0.717, 1.165) is 39.0 Å². The number of aryl methyl sites for hydroxylation is 1. The van der Waals surface area contributed by atoms with Gasteiger partial charge in [0.25, 0.3) is 0 Å². The second-order valence-electron chi connectivity index (χ2n) is 4.53. The lowest BCUT2D eigenvalue weighted by molar-refractivity contribution is 0.0659. The lowest BCUT2D eigenvalue weighted by atomic mass is 10.2. The van der Waals surface area contributed by atoms with Crippen LogP contribution in [0, 0.1) is 6.92 Å². The number of carbonyl (C=O) groups is 1. The molecule has 108 valence electrons. The van der Waals surface area contributed by atoms with Gasteiger partial charge in [0, 0.05) is 18.8 Å². The van der Waals surface area contributed by atoms with Crippen molar-refractivity contribution in [3.63, 3.8) is 0 Å². The maximum absolute atomic E-state index is 10.8. The normalized spacial score (nSPS) is 10.8. The van der Waals surface area contributed by atoms with Crippen molar-refractivity contribution in [1.82, 2.24) is 5.32 Å². The summed E-state index contributed by atoms with van der Waals surface area (Å²) in [6.45, 7) is 6.83. The zero-order valence-electron chi connectivity index (χ0n) is 11.7. The highest BCUT2D eigenvalue weighted by Gasteiger charge is 2.13. The molecule has 0 fully saturated rings. The molecule has 0 unspecified atom stereocenters. The van der Waals surface area contributed by atoms with Crippen LogP contribution in [-0.4, -0.2) is 30.8 Å². The highest BCUT2D eigenvalue weighted by atomic mass is 16.5. The number of nitrogens with one attached hydrogen (secondary N) is 1. The molecule has 0 amide bonds. The van der Waals surface area contributed by atoms with E-state index in [9.17, 15) is 4.79 Å². The van der Waals surface area contributed by atoms with Crippen molar-refractivity contribution in [2.45, 2.75) is 39.7 Å². The molecule has 5 nitrogen and oxygen atoms in total. The number of carboxylic acid groups (broad SMARTS) is 1. The van der Waals surface area contributed by atoms with Crippen LogP contribution in [-0.2, 0) is 11.3 Å². The zero-order valence-corrected chi connectivity index (χ0v) is 11.7. The second-order valence-corrected chi connectivity index (χ2v) is 4.53. The van der Waals surface area contributed by atoms with Gasteiger partial charge in [-0.2, -0.15) is 0 Å². The van der Waals surface area contributed by atoms with Crippen LogP contribution in [0.2, 0.25) is 0 Å². The van der Waals surface area contributed by atoms with E-state index in [1.54, 1.807) is 13.0 Å². The van der Waals surface area contributed by atoms with Crippen LogP contribution in [0.4, 0.5) is 0 Å². The summed E-state index contributed by atoms with van der Waals surface area (Å²) >= 11 is 0. The molecule has 0 saturated carbocycles. The van der Waals surface area contributed by atoms with Crippen molar-refractivity contribution in [3.05, 3.63) is 23.2 Å². The second kappa shape index (κ2) is 8.72. The first-order chi connectivity index (χ1) is 9.15.